The van der Waals surface area contributed by atoms with Crippen LogP contribution in [-0.2, 0) is 28.5 Å². The number of aliphatic carboxylic acids is 1. The molecule has 1 aromatic rings. The molecule has 0 atom stereocenters. The van der Waals surface area contributed by atoms with Crippen molar-refractivity contribution in [2.24, 2.45) is 10.6 Å². The summed E-state index contributed by atoms with van der Waals surface area (Å²) in [6.45, 7) is 3.32. The normalized spacial score (nSPS) is 22.6. The Labute approximate surface area is 185 Å². The molecule has 0 radical (unpaired) electrons. The first-order valence-electron chi connectivity index (χ1n) is 10.4. The number of alkyl halides is 6. The maximum absolute atomic E-state index is 13.1. The van der Waals surface area contributed by atoms with Gasteiger partial charge in [0.25, 0.3) is 0 Å². The van der Waals surface area contributed by atoms with Gasteiger partial charge in [-0.05, 0) is 43.5 Å². The summed E-state index contributed by atoms with van der Waals surface area (Å²) in [5.41, 5.74) is -4.17. The summed E-state index contributed by atoms with van der Waals surface area (Å²) in [6, 6.07) is 1.60. The smallest absolute Gasteiger partial charge is 0.416 e. The number of carboxylic acids is 1. The summed E-state index contributed by atoms with van der Waals surface area (Å²) < 4.78 is 78.4. The minimum Gasteiger partial charge on any atom is -0.481 e. The number of oxime groups is 1. The van der Waals surface area contributed by atoms with Crippen LogP contribution in [0.2, 0.25) is 0 Å². The van der Waals surface area contributed by atoms with E-state index in [9.17, 15) is 36.2 Å². The summed E-state index contributed by atoms with van der Waals surface area (Å²) in [5.74, 6) is -0.137. The zero-order chi connectivity index (χ0) is 24.2. The molecule has 2 saturated heterocycles. The maximum atomic E-state index is 13.1. The van der Waals surface area contributed by atoms with Crippen LogP contribution < -0.4 is 0 Å². The monoisotopic (exact) mass is 479 g/mol. The topological polar surface area (TPSA) is 65.4 Å². The second kappa shape index (κ2) is 7.78. The van der Waals surface area contributed by atoms with E-state index in [1.54, 1.807) is 11.8 Å². The van der Waals surface area contributed by atoms with Gasteiger partial charge in [-0.15, -0.1) is 0 Å². The molecule has 182 valence electrons. The van der Waals surface area contributed by atoms with Crippen LogP contribution in [0.5, 0.6) is 0 Å². The van der Waals surface area contributed by atoms with E-state index >= 15 is 0 Å². The zero-order valence-corrected chi connectivity index (χ0v) is 17.8. The molecule has 1 spiro atoms. The Bertz CT molecular complexity index is 929. The third-order valence-electron chi connectivity index (χ3n) is 6.65. The Morgan fingerprint density at radius 2 is 1.61 bits per heavy atom. The first kappa shape index (κ1) is 23.7. The van der Waals surface area contributed by atoms with Gasteiger partial charge in [0.1, 0.15) is 5.84 Å². The van der Waals surface area contributed by atoms with E-state index in [1.165, 1.54) is 0 Å². The average Bonchev–Trinajstić information content (AvgIpc) is 3.12. The van der Waals surface area contributed by atoms with E-state index in [0.717, 1.165) is 12.1 Å². The molecule has 4 rings (SSSR count). The molecule has 33 heavy (non-hydrogen) atoms. The highest BCUT2D eigenvalue weighted by Gasteiger charge is 2.51. The minimum absolute atomic E-state index is 0.0740. The lowest BCUT2D eigenvalue weighted by atomic mass is 9.80. The van der Waals surface area contributed by atoms with E-state index in [-0.39, 0.29) is 18.2 Å². The Morgan fingerprint density at radius 3 is 2.09 bits per heavy atom. The number of carbonyl (C=O) groups is 1. The van der Waals surface area contributed by atoms with Gasteiger partial charge in [-0.2, -0.15) is 26.3 Å². The molecule has 2 fully saturated rings. The molecule has 0 aromatic heterocycles. The van der Waals surface area contributed by atoms with Crippen molar-refractivity contribution in [2.45, 2.75) is 50.7 Å². The van der Waals surface area contributed by atoms with Crippen LogP contribution in [0.4, 0.5) is 26.3 Å². The standard InChI is InChI=1S/C21H23F6N3O3/c1-18(17(31)32)2-4-30(5-3-18)16-9-19(33-28-16)11-29(12-19)10-13-6-14(20(22,23)24)8-15(7-13)21(25,26)27/h6-8H,2-5,9-12H2,1H3,(H,31,32). The molecule has 0 amide bonds. The van der Waals surface area contributed by atoms with Gasteiger partial charge in [0, 0.05) is 32.7 Å². The Kier molecular flexibility index (Phi) is 5.58. The number of nitrogens with zero attached hydrogens (tertiary/aromatic N) is 3. The van der Waals surface area contributed by atoms with E-state index < -0.39 is 40.5 Å². The van der Waals surface area contributed by atoms with E-state index in [1.807, 2.05) is 4.90 Å². The molecule has 6 nitrogen and oxygen atoms in total. The number of piperidine rings is 1. The van der Waals surface area contributed by atoms with Gasteiger partial charge < -0.3 is 14.8 Å². The number of hydrogen-bond donors (Lipinski definition) is 1. The van der Waals surface area contributed by atoms with Crippen molar-refractivity contribution in [2.75, 3.05) is 26.2 Å². The molecule has 1 N–H and O–H groups in total. The van der Waals surface area contributed by atoms with Crippen molar-refractivity contribution < 1.29 is 41.1 Å². The van der Waals surface area contributed by atoms with Crippen LogP contribution >= 0.6 is 0 Å². The molecular formula is C21H23F6N3O3. The molecule has 1 aromatic carbocycles. The van der Waals surface area contributed by atoms with Gasteiger partial charge in [0.2, 0.25) is 0 Å². The summed E-state index contributed by atoms with van der Waals surface area (Å²) in [5, 5.41) is 13.5. The first-order valence-corrected chi connectivity index (χ1v) is 10.4. The van der Waals surface area contributed by atoms with Gasteiger partial charge in [-0.3, -0.25) is 9.69 Å². The molecule has 3 aliphatic rings. The first-order chi connectivity index (χ1) is 15.2. The maximum Gasteiger partial charge on any atom is 0.416 e. The quantitative estimate of drug-likeness (QED) is 0.659. The molecule has 0 unspecified atom stereocenters. The van der Waals surface area contributed by atoms with E-state index in [0.29, 0.717) is 51.3 Å². The molecule has 0 aliphatic carbocycles. The lowest BCUT2D eigenvalue weighted by molar-refractivity contribution is -0.150. The fraction of sp³-hybridized carbons (Fsp3) is 0.619. The molecule has 12 heteroatoms. The molecule has 0 bridgehead atoms. The van der Waals surface area contributed by atoms with Crippen LogP contribution in [0.15, 0.2) is 23.4 Å². The van der Waals surface area contributed by atoms with Crippen LogP contribution in [-0.4, -0.2) is 58.5 Å². The second-order valence-corrected chi connectivity index (χ2v) is 9.37. The van der Waals surface area contributed by atoms with Crippen molar-refractivity contribution in [3.8, 4) is 0 Å². The summed E-state index contributed by atoms with van der Waals surface area (Å²) in [4.78, 5) is 20.7. The number of amidine groups is 1. The van der Waals surface area contributed by atoms with Crippen molar-refractivity contribution in [1.82, 2.24) is 9.80 Å². The summed E-state index contributed by atoms with van der Waals surface area (Å²) in [6.07, 6.45) is -8.36. The number of benzene rings is 1. The lowest BCUT2D eigenvalue weighted by Crippen LogP contribution is -2.61. The van der Waals surface area contributed by atoms with Crippen molar-refractivity contribution >= 4 is 11.8 Å². The van der Waals surface area contributed by atoms with Crippen LogP contribution in [0, 0.1) is 5.41 Å². The number of likely N-dealkylation sites (tertiary alicyclic amines) is 2. The zero-order valence-electron chi connectivity index (χ0n) is 17.8. The number of carboxylic acid groups (broad SMARTS) is 1. The van der Waals surface area contributed by atoms with Crippen LogP contribution in [0.25, 0.3) is 0 Å². The third kappa shape index (κ3) is 4.75. The average molecular weight is 479 g/mol. The predicted molar refractivity (Wildman–Crippen MR) is 104 cm³/mol. The van der Waals surface area contributed by atoms with Crippen LogP contribution in [0.3, 0.4) is 0 Å². The molecule has 0 saturated carbocycles. The summed E-state index contributed by atoms with van der Waals surface area (Å²) in [7, 11) is 0. The van der Waals surface area contributed by atoms with Gasteiger partial charge in [-0.25, -0.2) is 0 Å². The van der Waals surface area contributed by atoms with Gasteiger partial charge >= 0.3 is 18.3 Å². The van der Waals surface area contributed by atoms with Crippen molar-refractivity contribution in [3.05, 3.63) is 34.9 Å². The number of rotatable bonds is 3. The van der Waals surface area contributed by atoms with Gasteiger partial charge in [0.05, 0.1) is 23.0 Å². The fourth-order valence-corrected chi connectivity index (χ4v) is 4.56. The largest absolute Gasteiger partial charge is 0.481 e. The minimum atomic E-state index is -4.88. The Balaban J connectivity index is 1.36. The highest BCUT2D eigenvalue weighted by Crippen LogP contribution is 2.40. The van der Waals surface area contributed by atoms with Gasteiger partial charge in [0.15, 0.2) is 5.60 Å². The van der Waals surface area contributed by atoms with Crippen LogP contribution in [0.1, 0.15) is 42.9 Å². The Morgan fingerprint density at radius 1 is 1.06 bits per heavy atom. The van der Waals surface area contributed by atoms with E-state index in [2.05, 4.69) is 5.16 Å². The van der Waals surface area contributed by atoms with E-state index in [4.69, 9.17) is 4.84 Å². The molecule has 3 heterocycles. The lowest BCUT2D eigenvalue weighted by Gasteiger charge is -2.45. The molecular weight excluding hydrogens is 456 g/mol. The molecule has 3 aliphatic heterocycles. The SMILES string of the molecule is CC1(C(=O)O)CCN(C2=NOC3(C2)CN(Cc2cc(C(F)(F)F)cc(C(F)(F)F)c2)C3)CC1. The highest BCUT2D eigenvalue weighted by molar-refractivity contribution is 5.85. The predicted octanol–water partition coefficient (Wildman–Crippen LogP) is 4.20. The summed E-state index contributed by atoms with van der Waals surface area (Å²) >= 11 is 0. The second-order valence-electron chi connectivity index (χ2n) is 9.37. The van der Waals surface area contributed by atoms with Gasteiger partial charge in [-0.1, -0.05) is 5.16 Å². The fourth-order valence-electron chi connectivity index (χ4n) is 4.56. The Hall–Kier alpha value is -2.50. The van der Waals surface area contributed by atoms with Crippen molar-refractivity contribution in [3.63, 3.8) is 0 Å². The number of halogens is 6. The highest BCUT2D eigenvalue weighted by atomic mass is 19.4. The number of hydrogen-bond acceptors (Lipinski definition) is 5. The van der Waals surface area contributed by atoms with Crippen molar-refractivity contribution in [1.29, 1.82) is 0 Å². The third-order valence-corrected chi connectivity index (χ3v) is 6.65.